The molecule has 5 rings (SSSR count). The highest BCUT2D eigenvalue weighted by Gasteiger charge is 2.35. The van der Waals surface area contributed by atoms with Gasteiger partial charge in [-0.2, -0.15) is 17.9 Å². The van der Waals surface area contributed by atoms with Gasteiger partial charge in [0.1, 0.15) is 18.1 Å². The molecular weight excluding hydrogens is 457 g/mol. The number of halogens is 1. The first-order chi connectivity index (χ1) is 16.3. The van der Waals surface area contributed by atoms with Crippen LogP contribution in [0.4, 0.5) is 4.39 Å². The fourth-order valence-corrected chi connectivity index (χ4v) is 5.79. The lowest BCUT2D eigenvalue weighted by Crippen LogP contribution is -2.33. The molecule has 0 aliphatic carbocycles. The standard InChI is InChI=1S/C25H20FN3O4S/c1-16-24(20-13-18(26)11-12-21(20)28(16)15-23(30)31)25-19-9-5-6-10-22(19)34(32,33)29(27-25)14-17-7-3-2-4-8-17/h2-13H,14-15H2,1H3,(H,30,31). The van der Waals surface area contributed by atoms with Crippen LogP contribution in [-0.4, -0.2) is 34.2 Å². The normalized spacial score (nSPS) is 14.6. The molecule has 1 aromatic heterocycles. The second kappa shape index (κ2) is 8.11. The van der Waals surface area contributed by atoms with Gasteiger partial charge in [-0.15, -0.1) is 0 Å². The van der Waals surface area contributed by atoms with E-state index in [0.29, 0.717) is 33.4 Å². The van der Waals surface area contributed by atoms with Crippen LogP contribution in [0.2, 0.25) is 0 Å². The number of carboxylic acid groups (broad SMARTS) is 1. The summed E-state index contributed by atoms with van der Waals surface area (Å²) in [6.45, 7) is 1.42. The first-order valence-corrected chi connectivity index (χ1v) is 12.0. The number of hydrogen-bond donors (Lipinski definition) is 1. The van der Waals surface area contributed by atoms with Gasteiger partial charge < -0.3 is 9.67 Å². The van der Waals surface area contributed by atoms with Crippen LogP contribution in [-0.2, 0) is 27.9 Å². The topological polar surface area (TPSA) is 92.0 Å². The number of rotatable bonds is 5. The fourth-order valence-electron chi connectivity index (χ4n) is 4.36. The van der Waals surface area contributed by atoms with Crippen molar-refractivity contribution in [1.29, 1.82) is 0 Å². The minimum atomic E-state index is -3.94. The van der Waals surface area contributed by atoms with E-state index in [4.69, 9.17) is 0 Å². The van der Waals surface area contributed by atoms with Crippen molar-refractivity contribution < 1.29 is 22.7 Å². The second-order valence-corrected chi connectivity index (χ2v) is 9.83. The monoisotopic (exact) mass is 477 g/mol. The van der Waals surface area contributed by atoms with Crippen LogP contribution in [0.15, 0.2) is 82.8 Å². The van der Waals surface area contributed by atoms with E-state index in [2.05, 4.69) is 5.10 Å². The zero-order chi connectivity index (χ0) is 24.0. The number of hydrazone groups is 1. The Hall–Kier alpha value is -3.98. The Morgan fingerprint density at radius 1 is 1.03 bits per heavy atom. The smallest absolute Gasteiger partial charge is 0.323 e. The van der Waals surface area contributed by atoms with Crippen molar-refractivity contribution in [2.24, 2.45) is 5.10 Å². The number of aliphatic carboxylic acids is 1. The molecule has 0 saturated carbocycles. The van der Waals surface area contributed by atoms with Gasteiger partial charge in [0.2, 0.25) is 0 Å². The molecule has 0 fully saturated rings. The van der Waals surface area contributed by atoms with E-state index in [1.165, 1.54) is 24.3 Å². The number of hydrogen-bond acceptors (Lipinski definition) is 4. The van der Waals surface area contributed by atoms with Crippen LogP contribution < -0.4 is 0 Å². The fraction of sp³-hybridized carbons (Fsp3) is 0.120. The average Bonchev–Trinajstić information content (AvgIpc) is 3.06. The molecule has 0 bridgehead atoms. The van der Waals surface area contributed by atoms with Gasteiger partial charge in [-0.3, -0.25) is 4.79 Å². The maximum Gasteiger partial charge on any atom is 0.323 e. The van der Waals surface area contributed by atoms with Crippen LogP contribution in [0.25, 0.3) is 10.9 Å². The van der Waals surface area contributed by atoms with E-state index in [1.807, 2.05) is 30.3 Å². The lowest BCUT2D eigenvalue weighted by molar-refractivity contribution is -0.137. The highest BCUT2D eigenvalue weighted by atomic mass is 32.2. The quantitative estimate of drug-likeness (QED) is 0.468. The minimum Gasteiger partial charge on any atom is -0.480 e. The van der Waals surface area contributed by atoms with Gasteiger partial charge in [-0.05, 0) is 36.8 Å². The SMILES string of the molecule is Cc1c(C2=NN(Cc3ccccc3)S(=O)(=O)c3ccccc32)c2cc(F)ccc2n1CC(=O)O. The Bertz CT molecular complexity index is 1580. The number of benzene rings is 3. The summed E-state index contributed by atoms with van der Waals surface area (Å²) in [6, 6.07) is 19.7. The Kier molecular flexibility index (Phi) is 5.21. The summed E-state index contributed by atoms with van der Waals surface area (Å²) in [5.74, 6) is -1.53. The second-order valence-electron chi connectivity index (χ2n) is 8.02. The van der Waals surface area contributed by atoms with Gasteiger partial charge >= 0.3 is 5.97 Å². The van der Waals surface area contributed by atoms with Crippen LogP contribution >= 0.6 is 0 Å². The summed E-state index contributed by atoms with van der Waals surface area (Å²) in [5.41, 5.74) is 3.06. The Morgan fingerprint density at radius 3 is 2.47 bits per heavy atom. The van der Waals surface area contributed by atoms with E-state index in [1.54, 1.807) is 29.7 Å². The molecule has 7 nitrogen and oxygen atoms in total. The Morgan fingerprint density at radius 2 is 1.74 bits per heavy atom. The summed E-state index contributed by atoms with van der Waals surface area (Å²) in [6.07, 6.45) is 0. The van der Waals surface area contributed by atoms with E-state index >= 15 is 0 Å². The molecule has 0 radical (unpaired) electrons. The van der Waals surface area contributed by atoms with Crippen molar-refractivity contribution in [2.45, 2.75) is 24.9 Å². The summed E-state index contributed by atoms with van der Waals surface area (Å²) in [4.78, 5) is 11.6. The Balaban J connectivity index is 1.79. The zero-order valence-corrected chi connectivity index (χ0v) is 19.0. The number of fused-ring (bicyclic) bond motifs is 2. The lowest BCUT2D eigenvalue weighted by Gasteiger charge is -2.27. The van der Waals surface area contributed by atoms with Crippen LogP contribution in [0.1, 0.15) is 22.4 Å². The van der Waals surface area contributed by atoms with E-state index < -0.39 is 21.8 Å². The van der Waals surface area contributed by atoms with Gasteiger partial charge in [-0.1, -0.05) is 48.5 Å². The average molecular weight is 478 g/mol. The molecule has 0 amide bonds. The summed E-state index contributed by atoms with van der Waals surface area (Å²) < 4.78 is 43.7. The largest absolute Gasteiger partial charge is 0.480 e. The third-order valence-corrected chi connectivity index (χ3v) is 7.56. The highest BCUT2D eigenvalue weighted by Crippen LogP contribution is 2.35. The van der Waals surface area contributed by atoms with Gasteiger partial charge in [0.15, 0.2) is 0 Å². The van der Waals surface area contributed by atoms with Crippen LogP contribution in [0.3, 0.4) is 0 Å². The van der Waals surface area contributed by atoms with Gasteiger partial charge in [0, 0.05) is 27.7 Å². The molecule has 1 aliphatic heterocycles. The predicted octanol–water partition coefficient (Wildman–Crippen LogP) is 4.13. The molecule has 2 heterocycles. The number of aromatic nitrogens is 1. The number of nitrogens with zero attached hydrogens (tertiary/aromatic N) is 3. The number of carbonyl (C=O) groups is 1. The molecule has 172 valence electrons. The maximum atomic E-state index is 14.3. The molecule has 34 heavy (non-hydrogen) atoms. The summed E-state index contributed by atoms with van der Waals surface area (Å²) >= 11 is 0. The number of sulfonamides is 1. The van der Waals surface area contributed by atoms with E-state index in [0.717, 1.165) is 9.98 Å². The first-order valence-electron chi connectivity index (χ1n) is 10.5. The first kappa shape index (κ1) is 21.8. The third kappa shape index (κ3) is 3.54. The molecule has 0 unspecified atom stereocenters. The lowest BCUT2D eigenvalue weighted by atomic mass is 9.99. The van der Waals surface area contributed by atoms with Crippen LogP contribution in [0, 0.1) is 12.7 Å². The molecular formula is C25H20FN3O4S. The van der Waals surface area contributed by atoms with Crippen molar-refractivity contribution in [1.82, 2.24) is 8.98 Å². The molecule has 0 saturated heterocycles. The van der Waals surface area contributed by atoms with E-state index in [9.17, 15) is 22.7 Å². The van der Waals surface area contributed by atoms with Crippen molar-refractivity contribution >= 4 is 32.6 Å². The summed E-state index contributed by atoms with van der Waals surface area (Å²) in [5, 5.41) is 14.5. The van der Waals surface area contributed by atoms with Crippen molar-refractivity contribution in [2.75, 3.05) is 0 Å². The molecule has 1 aliphatic rings. The van der Waals surface area contributed by atoms with Gasteiger partial charge in [0.05, 0.1) is 11.4 Å². The van der Waals surface area contributed by atoms with Crippen molar-refractivity contribution in [3.05, 3.63) is 101 Å². The molecule has 1 N–H and O–H groups in total. The van der Waals surface area contributed by atoms with Crippen molar-refractivity contribution in [3.63, 3.8) is 0 Å². The number of carboxylic acids is 1. The molecule has 0 atom stereocenters. The van der Waals surface area contributed by atoms with Crippen LogP contribution in [0.5, 0.6) is 0 Å². The predicted molar refractivity (Wildman–Crippen MR) is 126 cm³/mol. The third-order valence-electron chi connectivity index (χ3n) is 5.89. The highest BCUT2D eigenvalue weighted by molar-refractivity contribution is 7.89. The van der Waals surface area contributed by atoms with Crippen molar-refractivity contribution in [3.8, 4) is 0 Å². The maximum absolute atomic E-state index is 14.3. The molecule has 3 aromatic carbocycles. The zero-order valence-electron chi connectivity index (χ0n) is 18.1. The Labute approximate surface area is 195 Å². The molecule has 9 heteroatoms. The van der Waals surface area contributed by atoms with Gasteiger partial charge in [-0.25, -0.2) is 4.39 Å². The molecule has 0 spiro atoms. The summed E-state index contributed by atoms with van der Waals surface area (Å²) in [7, 11) is -3.94. The minimum absolute atomic E-state index is 0.0161. The van der Waals surface area contributed by atoms with Gasteiger partial charge in [0.25, 0.3) is 10.0 Å². The molecule has 4 aromatic rings. The van der Waals surface area contributed by atoms with E-state index in [-0.39, 0.29) is 18.0 Å².